The molecule has 19 heavy (non-hydrogen) atoms. The Morgan fingerprint density at radius 2 is 1.89 bits per heavy atom. The van der Waals surface area contributed by atoms with Crippen LogP contribution in [0.2, 0.25) is 0 Å². The Bertz CT molecular complexity index is 419. The van der Waals surface area contributed by atoms with Gasteiger partial charge in [0.25, 0.3) is 0 Å². The Kier molecular flexibility index (Phi) is 4.35. The van der Waals surface area contributed by atoms with Gasteiger partial charge in [-0.25, -0.2) is 0 Å². The molecule has 1 aliphatic carbocycles. The maximum absolute atomic E-state index is 3.84. The zero-order valence-electron chi connectivity index (χ0n) is 13.2. The van der Waals surface area contributed by atoms with Crippen molar-refractivity contribution in [2.75, 3.05) is 0 Å². The lowest BCUT2D eigenvalue weighted by atomic mass is 9.71. The molecule has 1 heteroatoms. The van der Waals surface area contributed by atoms with E-state index in [0.29, 0.717) is 17.5 Å². The molecule has 2 atom stereocenters. The lowest BCUT2D eigenvalue weighted by Crippen LogP contribution is -2.37. The number of hydrogen-bond donors (Lipinski definition) is 1. The SMILES string of the molecule is CC(C)CC(C)NC1CCC(C)(C)c2ccccc21. The molecule has 0 fully saturated rings. The minimum atomic E-state index is 0.329. The third kappa shape index (κ3) is 3.39. The van der Waals surface area contributed by atoms with Crippen LogP contribution in [0.3, 0.4) is 0 Å². The largest absolute Gasteiger partial charge is 0.307 e. The molecule has 0 aliphatic heterocycles. The van der Waals surface area contributed by atoms with Gasteiger partial charge in [-0.05, 0) is 48.6 Å². The Morgan fingerprint density at radius 3 is 2.58 bits per heavy atom. The highest BCUT2D eigenvalue weighted by Gasteiger charge is 2.32. The summed E-state index contributed by atoms with van der Waals surface area (Å²) >= 11 is 0. The molecule has 1 nitrogen and oxygen atoms in total. The van der Waals surface area contributed by atoms with Crippen molar-refractivity contribution in [1.82, 2.24) is 5.32 Å². The molecule has 0 saturated heterocycles. The van der Waals surface area contributed by atoms with Gasteiger partial charge in [-0.15, -0.1) is 0 Å². The van der Waals surface area contributed by atoms with Gasteiger partial charge in [0.1, 0.15) is 0 Å². The number of fused-ring (bicyclic) bond motifs is 1. The summed E-state index contributed by atoms with van der Waals surface area (Å²) in [5, 5.41) is 3.84. The molecule has 0 heterocycles. The standard InChI is InChI=1S/C18H29N/c1-13(2)12-14(3)19-17-10-11-18(4,5)16-9-7-6-8-15(16)17/h6-9,13-14,17,19H,10-12H2,1-5H3. The minimum Gasteiger partial charge on any atom is -0.307 e. The second kappa shape index (κ2) is 5.66. The van der Waals surface area contributed by atoms with E-state index in [-0.39, 0.29) is 0 Å². The Morgan fingerprint density at radius 1 is 1.21 bits per heavy atom. The number of nitrogens with one attached hydrogen (secondary N) is 1. The van der Waals surface area contributed by atoms with Crippen LogP contribution in [0.4, 0.5) is 0 Å². The molecule has 1 aliphatic rings. The van der Waals surface area contributed by atoms with Gasteiger partial charge in [-0.1, -0.05) is 52.0 Å². The summed E-state index contributed by atoms with van der Waals surface area (Å²) < 4.78 is 0. The zero-order valence-corrected chi connectivity index (χ0v) is 13.2. The number of rotatable bonds is 4. The molecule has 0 saturated carbocycles. The van der Waals surface area contributed by atoms with Gasteiger partial charge in [0.2, 0.25) is 0 Å². The third-order valence-electron chi connectivity index (χ3n) is 4.43. The van der Waals surface area contributed by atoms with Crippen LogP contribution in [0.1, 0.15) is 71.0 Å². The van der Waals surface area contributed by atoms with Crippen LogP contribution >= 0.6 is 0 Å². The molecule has 1 aromatic rings. The van der Waals surface area contributed by atoms with E-state index in [1.165, 1.54) is 30.4 Å². The van der Waals surface area contributed by atoms with E-state index < -0.39 is 0 Å². The molecule has 2 unspecified atom stereocenters. The van der Waals surface area contributed by atoms with Gasteiger partial charge in [-0.3, -0.25) is 0 Å². The van der Waals surface area contributed by atoms with Gasteiger partial charge in [0.05, 0.1) is 0 Å². The van der Waals surface area contributed by atoms with Crippen molar-refractivity contribution in [1.29, 1.82) is 0 Å². The summed E-state index contributed by atoms with van der Waals surface area (Å²) in [6.45, 7) is 11.7. The summed E-state index contributed by atoms with van der Waals surface area (Å²) in [5.41, 5.74) is 3.39. The molecule has 0 amide bonds. The van der Waals surface area contributed by atoms with Crippen molar-refractivity contribution in [3.05, 3.63) is 35.4 Å². The topological polar surface area (TPSA) is 12.0 Å². The Balaban J connectivity index is 2.16. The van der Waals surface area contributed by atoms with Crippen LogP contribution in [-0.4, -0.2) is 6.04 Å². The molecular formula is C18H29N. The quantitative estimate of drug-likeness (QED) is 0.817. The van der Waals surface area contributed by atoms with Gasteiger partial charge in [0, 0.05) is 12.1 Å². The van der Waals surface area contributed by atoms with Crippen LogP contribution in [0, 0.1) is 5.92 Å². The average molecular weight is 259 g/mol. The number of benzene rings is 1. The van der Waals surface area contributed by atoms with Crippen molar-refractivity contribution < 1.29 is 0 Å². The monoisotopic (exact) mass is 259 g/mol. The van der Waals surface area contributed by atoms with Crippen LogP contribution in [0.5, 0.6) is 0 Å². The van der Waals surface area contributed by atoms with E-state index >= 15 is 0 Å². The Hall–Kier alpha value is -0.820. The first-order valence-corrected chi connectivity index (χ1v) is 7.75. The predicted molar refractivity (Wildman–Crippen MR) is 83.5 cm³/mol. The van der Waals surface area contributed by atoms with Crippen LogP contribution in [0.25, 0.3) is 0 Å². The summed E-state index contributed by atoms with van der Waals surface area (Å²) in [7, 11) is 0. The average Bonchev–Trinajstić information content (AvgIpc) is 2.32. The van der Waals surface area contributed by atoms with Gasteiger partial charge < -0.3 is 5.32 Å². The Labute approximate surface area is 118 Å². The predicted octanol–water partition coefficient (Wildman–Crippen LogP) is 4.82. The summed E-state index contributed by atoms with van der Waals surface area (Å²) in [5.74, 6) is 0.762. The molecule has 0 bridgehead atoms. The summed E-state index contributed by atoms with van der Waals surface area (Å²) in [6, 6.07) is 10.1. The lowest BCUT2D eigenvalue weighted by Gasteiger charge is -2.38. The van der Waals surface area contributed by atoms with Crippen LogP contribution < -0.4 is 5.32 Å². The zero-order chi connectivity index (χ0) is 14.0. The molecule has 2 rings (SSSR count). The van der Waals surface area contributed by atoms with Crippen LogP contribution in [0.15, 0.2) is 24.3 Å². The van der Waals surface area contributed by atoms with E-state index in [1.807, 2.05) is 0 Å². The molecule has 1 aromatic carbocycles. The molecule has 0 aromatic heterocycles. The fraction of sp³-hybridized carbons (Fsp3) is 0.667. The first-order chi connectivity index (χ1) is 8.90. The number of hydrogen-bond acceptors (Lipinski definition) is 1. The molecule has 106 valence electrons. The van der Waals surface area contributed by atoms with Crippen LogP contribution in [-0.2, 0) is 5.41 Å². The first-order valence-electron chi connectivity index (χ1n) is 7.75. The van der Waals surface area contributed by atoms with Crippen molar-refractivity contribution in [2.45, 2.75) is 71.4 Å². The summed E-state index contributed by atoms with van der Waals surface area (Å²) in [4.78, 5) is 0. The first kappa shape index (κ1) is 14.6. The summed E-state index contributed by atoms with van der Waals surface area (Å²) in [6.07, 6.45) is 3.78. The smallest absolute Gasteiger partial charge is 0.0325 e. The second-order valence-corrected chi connectivity index (χ2v) is 7.26. The molecule has 0 radical (unpaired) electrons. The van der Waals surface area contributed by atoms with Crippen molar-refractivity contribution in [3.63, 3.8) is 0 Å². The molecular weight excluding hydrogens is 230 g/mol. The van der Waals surface area contributed by atoms with E-state index in [4.69, 9.17) is 0 Å². The van der Waals surface area contributed by atoms with Crippen molar-refractivity contribution in [2.24, 2.45) is 5.92 Å². The minimum absolute atomic E-state index is 0.329. The molecule has 1 N–H and O–H groups in total. The fourth-order valence-electron chi connectivity index (χ4n) is 3.50. The van der Waals surface area contributed by atoms with E-state index in [0.717, 1.165) is 5.92 Å². The van der Waals surface area contributed by atoms with Crippen molar-refractivity contribution in [3.8, 4) is 0 Å². The fourth-order valence-corrected chi connectivity index (χ4v) is 3.50. The third-order valence-corrected chi connectivity index (χ3v) is 4.43. The second-order valence-electron chi connectivity index (χ2n) is 7.26. The van der Waals surface area contributed by atoms with E-state index in [1.54, 1.807) is 0 Å². The van der Waals surface area contributed by atoms with Gasteiger partial charge >= 0.3 is 0 Å². The molecule has 0 spiro atoms. The maximum atomic E-state index is 3.84. The van der Waals surface area contributed by atoms with Gasteiger partial charge in [0.15, 0.2) is 0 Å². The normalized spacial score (nSPS) is 23.2. The highest BCUT2D eigenvalue weighted by atomic mass is 14.9. The van der Waals surface area contributed by atoms with Crippen molar-refractivity contribution >= 4 is 0 Å². The maximum Gasteiger partial charge on any atom is 0.0325 e. The van der Waals surface area contributed by atoms with Gasteiger partial charge in [-0.2, -0.15) is 0 Å². The highest BCUT2D eigenvalue weighted by Crippen LogP contribution is 2.41. The van der Waals surface area contributed by atoms with E-state index in [9.17, 15) is 0 Å². The highest BCUT2D eigenvalue weighted by molar-refractivity contribution is 5.38. The van der Waals surface area contributed by atoms with E-state index in [2.05, 4.69) is 64.2 Å². The lowest BCUT2D eigenvalue weighted by molar-refractivity contribution is 0.321.